The molecule has 1 N–H and O–H groups in total. The molecule has 0 unspecified atom stereocenters. The van der Waals surface area contributed by atoms with Crippen LogP contribution in [0.3, 0.4) is 0 Å². The molecule has 0 saturated carbocycles. The van der Waals surface area contributed by atoms with E-state index in [-0.39, 0.29) is 17.7 Å². The van der Waals surface area contributed by atoms with Crippen molar-refractivity contribution in [2.75, 3.05) is 10.2 Å². The van der Waals surface area contributed by atoms with Crippen LogP contribution in [0.4, 0.5) is 16.2 Å². The van der Waals surface area contributed by atoms with Crippen LogP contribution in [0.25, 0.3) is 17.0 Å². The third kappa shape index (κ3) is 4.35. The van der Waals surface area contributed by atoms with E-state index in [1.807, 2.05) is 65.4 Å². The van der Waals surface area contributed by atoms with Gasteiger partial charge in [0.15, 0.2) is 0 Å². The number of anilines is 2. The van der Waals surface area contributed by atoms with Gasteiger partial charge in [-0.1, -0.05) is 54.1 Å². The van der Waals surface area contributed by atoms with Crippen molar-refractivity contribution >= 4 is 68.8 Å². The van der Waals surface area contributed by atoms with Crippen LogP contribution in [0.1, 0.15) is 5.56 Å². The Morgan fingerprint density at radius 2 is 1.74 bits per heavy atom. The van der Waals surface area contributed by atoms with Gasteiger partial charge in [0.1, 0.15) is 6.54 Å². The Morgan fingerprint density at radius 3 is 2.53 bits per heavy atom. The fourth-order valence-corrected chi connectivity index (χ4v) is 4.86. The summed E-state index contributed by atoms with van der Waals surface area (Å²) >= 11 is 6.92. The number of fused-ring (bicyclic) bond motifs is 1. The number of halogens is 1. The van der Waals surface area contributed by atoms with Crippen LogP contribution in [0.5, 0.6) is 0 Å². The molecule has 0 spiro atoms. The van der Waals surface area contributed by atoms with Gasteiger partial charge in [0, 0.05) is 33.4 Å². The predicted molar refractivity (Wildman–Crippen MR) is 137 cm³/mol. The number of nitrogens with zero attached hydrogens (tertiary/aromatic N) is 2. The lowest BCUT2D eigenvalue weighted by Crippen LogP contribution is -2.27. The van der Waals surface area contributed by atoms with E-state index in [1.54, 1.807) is 30.3 Å². The van der Waals surface area contributed by atoms with Crippen molar-refractivity contribution in [3.05, 3.63) is 101 Å². The van der Waals surface area contributed by atoms with Crippen LogP contribution in [-0.2, 0) is 16.1 Å². The third-order valence-corrected chi connectivity index (χ3v) is 6.44. The zero-order valence-corrected chi connectivity index (χ0v) is 19.3. The molecule has 168 valence electrons. The molecular weight excluding hydrogens is 470 g/mol. The van der Waals surface area contributed by atoms with E-state index in [2.05, 4.69) is 5.32 Å². The average molecular weight is 488 g/mol. The smallest absolute Gasteiger partial charge is 0.298 e. The molecule has 4 aromatic rings. The Labute approximate surface area is 204 Å². The average Bonchev–Trinajstić information content (AvgIpc) is 3.30. The highest BCUT2D eigenvalue weighted by molar-refractivity contribution is 8.19. The normalized spacial score (nSPS) is 14.9. The van der Waals surface area contributed by atoms with Crippen molar-refractivity contribution in [2.24, 2.45) is 0 Å². The maximum atomic E-state index is 13.1. The molecule has 1 saturated heterocycles. The Hall–Kier alpha value is -3.81. The summed E-state index contributed by atoms with van der Waals surface area (Å²) in [4.78, 5) is 39.7. The number of hydrogen-bond acceptors (Lipinski definition) is 4. The van der Waals surface area contributed by atoms with Crippen LogP contribution in [0.15, 0.2) is 90.0 Å². The summed E-state index contributed by atoms with van der Waals surface area (Å²) in [5.74, 6) is -0.573. The first-order chi connectivity index (χ1) is 16.5. The predicted octanol–water partition coefficient (Wildman–Crippen LogP) is 6.17. The Bertz CT molecular complexity index is 1460. The molecule has 0 atom stereocenters. The number of imide groups is 1. The van der Waals surface area contributed by atoms with Gasteiger partial charge in [-0.3, -0.25) is 14.4 Å². The van der Waals surface area contributed by atoms with Gasteiger partial charge >= 0.3 is 0 Å². The molecule has 1 aliphatic rings. The molecule has 0 radical (unpaired) electrons. The van der Waals surface area contributed by atoms with Crippen molar-refractivity contribution in [1.82, 2.24) is 4.57 Å². The molecule has 6 nitrogen and oxygen atoms in total. The molecule has 1 aliphatic heterocycles. The third-order valence-electron chi connectivity index (χ3n) is 5.34. The van der Waals surface area contributed by atoms with Crippen molar-refractivity contribution in [3.8, 4) is 0 Å². The maximum absolute atomic E-state index is 13.1. The van der Waals surface area contributed by atoms with Crippen molar-refractivity contribution in [1.29, 1.82) is 0 Å². The first-order valence-corrected chi connectivity index (χ1v) is 11.7. The highest BCUT2D eigenvalue weighted by Gasteiger charge is 2.36. The van der Waals surface area contributed by atoms with Gasteiger partial charge in [0.2, 0.25) is 5.91 Å². The van der Waals surface area contributed by atoms with Crippen molar-refractivity contribution < 1.29 is 14.4 Å². The number of nitrogens with one attached hydrogen (secondary N) is 1. The van der Waals surface area contributed by atoms with E-state index in [1.165, 1.54) is 0 Å². The van der Waals surface area contributed by atoms with E-state index >= 15 is 0 Å². The van der Waals surface area contributed by atoms with Gasteiger partial charge in [-0.05, 0) is 54.2 Å². The van der Waals surface area contributed by atoms with E-state index in [0.29, 0.717) is 15.6 Å². The lowest BCUT2D eigenvalue weighted by Gasteiger charge is -2.12. The topological polar surface area (TPSA) is 71.4 Å². The van der Waals surface area contributed by atoms with Gasteiger partial charge in [0.05, 0.1) is 10.6 Å². The van der Waals surface area contributed by atoms with Gasteiger partial charge < -0.3 is 9.88 Å². The summed E-state index contributed by atoms with van der Waals surface area (Å²) in [6, 6.07) is 23.5. The fourth-order valence-electron chi connectivity index (χ4n) is 3.84. The number of aromatic nitrogens is 1. The van der Waals surface area contributed by atoms with Crippen molar-refractivity contribution in [3.63, 3.8) is 0 Å². The summed E-state index contributed by atoms with van der Waals surface area (Å²) in [7, 11) is 0. The molecule has 1 fully saturated rings. The number of thioether (sulfide) groups is 1. The minimum atomic E-state index is -0.407. The van der Waals surface area contributed by atoms with Crippen LogP contribution in [-0.4, -0.2) is 21.6 Å². The summed E-state index contributed by atoms with van der Waals surface area (Å²) in [5.41, 5.74) is 2.75. The summed E-state index contributed by atoms with van der Waals surface area (Å²) in [5, 5.41) is 3.82. The number of carbonyl (C=O) groups is 3. The van der Waals surface area contributed by atoms with Crippen LogP contribution >= 0.6 is 23.4 Å². The fraction of sp³-hybridized carbons (Fsp3) is 0.0385. The highest BCUT2D eigenvalue weighted by atomic mass is 35.5. The Morgan fingerprint density at radius 1 is 0.971 bits per heavy atom. The molecular formula is C26H18ClN3O3S. The van der Waals surface area contributed by atoms with Crippen molar-refractivity contribution in [2.45, 2.75) is 6.54 Å². The largest absolute Gasteiger partial charge is 0.337 e. The second-order valence-electron chi connectivity index (χ2n) is 7.64. The molecule has 34 heavy (non-hydrogen) atoms. The minimum Gasteiger partial charge on any atom is -0.337 e. The lowest BCUT2D eigenvalue weighted by molar-refractivity contribution is -0.116. The number of rotatable bonds is 5. The van der Waals surface area contributed by atoms with E-state index < -0.39 is 5.91 Å². The number of benzene rings is 3. The number of carbonyl (C=O) groups excluding carboxylic acids is 3. The second-order valence-corrected chi connectivity index (χ2v) is 9.07. The molecule has 1 aromatic heterocycles. The molecule has 0 bridgehead atoms. The molecule has 8 heteroatoms. The zero-order valence-electron chi connectivity index (χ0n) is 17.8. The van der Waals surface area contributed by atoms with Gasteiger partial charge in [-0.25, -0.2) is 4.90 Å². The quantitative estimate of drug-likeness (QED) is 0.341. The number of para-hydroxylation sites is 2. The minimum absolute atomic E-state index is 0.104. The Kier molecular flexibility index (Phi) is 5.96. The summed E-state index contributed by atoms with van der Waals surface area (Å²) < 4.78 is 1.83. The second kappa shape index (κ2) is 9.21. The van der Waals surface area contributed by atoms with E-state index in [0.717, 1.165) is 38.8 Å². The summed E-state index contributed by atoms with van der Waals surface area (Å²) in [6.07, 6.45) is 3.52. The molecule has 5 rings (SSSR count). The number of hydrogen-bond donors (Lipinski definition) is 1. The number of amides is 3. The van der Waals surface area contributed by atoms with Gasteiger partial charge in [0.25, 0.3) is 11.1 Å². The van der Waals surface area contributed by atoms with Gasteiger partial charge in [-0.15, -0.1) is 0 Å². The monoisotopic (exact) mass is 487 g/mol. The molecule has 3 aromatic carbocycles. The SMILES string of the molecule is O=C(Cn1cc(/C=C2/SC(=O)N(c3cccc(Cl)c3)C2=O)c2ccccc21)Nc1ccccc1. The van der Waals surface area contributed by atoms with E-state index in [9.17, 15) is 14.4 Å². The Balaban J connectivity index is 1.45. The lowest BCUT2D eigenvalue weighted by atomic mass is 10.1. The summed E-state index contributed by atoms with van der Waals surface area (Å²) in [6.45, 7) is 0.104. The van der Waals surface area contributed by atoms with E-state index in [4.69, 9.17) is 11.6 Å². The standard InChI is InChI=1S/C26H18ClN3O3S/c27-18-7-6-10-20(14-18)30-25(32)23(34-26(30)33)13-17-15-29(22-12-5-4-11-21(17)22)16-24(31)28-19-8-2-1-3-9-19/h1-15H,16H2,(H,28,31)/b23-13+. The zero-order chi connectivity index (χ0) is 23.7. The van der Waals surface area contributed by atoms with Gasteiger partial charge in [-0.2, -0.15) is 0 Å². The highest BCUT2D eigenvalue weighted by Crippen LogP contribution is 2.37. The maximum Gasteiger partial charge on any atom is 0.298 e. The first kappa shape index (κ1) is 22.0. The van der Waals surface area contributed by atoms with Crippen LogP contribution < -0.4 is 10.2 Å². The van der Waals surface area contributed by atoms with Crippen LogP contribution in [0, 0.1) is 0 Å². The van der Waals surface area contributed by atoms with Crippen LogP contribution in [0.2, 0.25) is 5.02 Å². The first-order valence-electron chi connectivity index (χ1n) is 10.5. The molecule has 2 heterocycles. The molecule has 3 amide bonds. The molecule has 0 aliphatic carbocycles.